The van der Waals surface area contributed by atoms with Gasteiger partial charge in [0.1, 0.15) is 46.4 Å². The number of aromatic nitrogens is 7. The summed E-state index contributed by atoms with van der Waals surface area (Å²) in [6.07, 6.45) is -9.69. The zero-order valence-corrected chi connectivity index (χ0v) is 34.5. The second-order valence-electron chi connectivity index (χ2n) is 13.6. The molecular formula is C38H35ClF9N9O4S. The molecule has 332 valence electrons. The largest absolute Gasteiger partial charge is 0.477 e. The van der Waals surface area contributed by atoms with Crippen molar-refractivity contribution in [1.29, 1.82) is 0 Å². The maximum absolute atomic E-state index is 15.0. The Hall–Kier alpha value is -5.71. The van der Waals surface area contributed by atoms with Crippen molar-refractivity contribution in [2.24, 2.45) is 7.05 Å². The van der Waals surface area contributed by atoms with Crippen molar-refractivity contribution < 1.29 is 53.3 Å². The molecule has 4 heterocycles. The molecule has 1 aliphatic rings. The number of nitrogens with zero attached hydrogens (tertiary/aromatic N) is 7. The van der Waals surface area contributed by atoms with Crippen molar-refractivity contribution in [2.75, 3.05) is 17.6 Å². The Morgan fingerprint density at radius 3 is 2.39 bits per heavy atom. The quantitative estimate of drug-likeness (QED) is 0.111. The first-order valence-electron chi connectivity index (χ1n) is 18.6. The molecule has 0 radical (unpaired) electrons. The lowest BCUT2D eigenvalue weighted by atomic mass is 10.0. The average Bonchev–Trinajstić information content (AvgIpc) is 3.82. The number of fused-ring (bicyclic) bond motifs is 3. The highest BCUT2D eigenvalue weighted by molar-refractivity contribution is 7.85. The fourth-order valence-corrected chi connectivity index (χ4v) is 7.70. The molecule has 24 heteroatoms. The SMILES string of the molecule is CC.Cn1nc(NS(C)=O)c2c(Cl)ccc(-n3c(C(Cc4cc(F)cc(F)c4)NC(=O)Cn4nc(C(F)F)c5c4C(F)(F)CC5)nc4nc(OCCC(F)(F)F)ccc4c3=O)c21. The third-order valence-electron chi connectivity index (χ3n) is 9.39. The van der Waals surface area contributed by atoms with Crippen LogP contribution >= 0.6 is 11.6 Å². The predicted octanol–water partition coefficient (Wildman–Crippen LogP) is 7.93. The van der Waals surface area contributed by atoms with Crippen LogP contribution in [0.2, 0.25) is 5.02 Å². The molecule has 7 rings (SSSR count). The summed E-state index contributed by atoms with van der Waals surface area (Å²) >= 11 is 6.58. The van der Waals surface area contributed by atoms with Gasteiger partial charge < -0.3 is 10.1 Å². The summed E-state index contributed by atoms with van der Waals surface area (Å²) in [6, 6.07) is 5.72. The van der Waals surface area contributed by atoms with Gasteiger partial charge in [-0.1, -0.05) is 25.4 Å². The van der Waals surface area contributed by atoms with Crippen LogP contribution in [0.15, 0.2) is 47.3 Å². The van der Waals surface area contributed by atoms with Crippen molar-refractivity contribution in [3.63, 3.8) is 0 Å². The first-order valence-corrected chi connectivity index (χ1v) is 20.5. The van der Waals surface area contributed by atoms with Gasteiger partial charge >= 0.3 is 6.18 Å². The van der Waals surface area contributed by atoms with Gasteiger partial charge in [0.05, 0.1) is 46.1 Å². The number of benzene rings is 2. The molecule has 2 aromatic carbocycles. The number of halogens is 10. The number of hydrogen-bond donors (Lipinski definition) is 2. The topological polar surface area (TPSA) is 151 Å². The van der Waals surface area contributed by atoms with Crippen LogP contribution in [0.3, 0.4) is 0 Å². The van der Waals surface area contributed by atoms with Crippen molar-refractivity contribution in [1.82, 2.24) is 39.4 Å². The number of carbonyl (C=O) groups excluding carboxylic acids is 1. The Balaban J connectivity index is 0.00000316. The second-order valence-corrected chi connectivity index (χ2v) is 15.2. The molecular weight excluding hydrogens is 885 g/mol. The molecule has 13 nitrogen and oxygen atoms in total. The molecule has 6 aromatic rings. The minimum Gasteiger partial charge on any atom is -0.477 e. The van der Waals surface area contributed by atoms with E-state index in [1.807, 2.05) is 13.8 Å². The second kappa shape index (κ2) is 17.9. The molecule has 0 saturated carbocycles. The molecule has 0 fully saturated rings. The molecule has 0 bridgehead atoms. The minimum atomic E-state index is -4.58. The normalized spacial score (nSPS) is 14.4. The predicted molar refractivity (Wildman–Crippen MR) is 210 cm³/mol. The Kier molecular flexibility index (Phi) is 13.3. The van der Waals surface area contributed by atoms with E-state index < -0.39 is 126 Å². The van der Waals surface area contributed by atoms with E-state index in [-0.39, 0.29) is 44.3 Å². The van der Waals surface area contributed by atoms with Crippen LogP contribution in [-0.2, 0) is 48.1 Å². The van der Waals surface area contributed by atoms with Gasteiger partial charge in [0.25, 0.3) is 17.9 Å². The summed E-state index contributed by atoms with van der Waals surface area (Å²) in [5.41, 5.74) is -3.62. The Morgan fingerprint density at radius 2 is 1.74 bits per heavy atom. The summed E-state index contributed by atoms with van der Waals surface area (Å²) < 4.78 is 148. The zero-order chi connectivity index (χ0) is 45.4. The number of nitrogens with one attached hydrogen (secondary N) is 2. The minimum absolute atomic E-state index is 0.0256. The van der Waals surface area contributed by atoms with E-state index in [9.17, 15) is 44.5 Å². The number of aryl methyl sites for hydroxylation is 1. The van der Waals surface area contributed by atoms with Crippen LogP contribution in [-0.4, -0.2) is 63.3 Å². The summed E-state index contributed by atoms with van der Waals surface area (Å²) in [5.74, 6) is -7.66. The molecule has 0 aliphatic heterocycles. The maximum atomic E-state index is 15.0. The Labute approximate surface area is 352 Å². The first kappa shape index (κ1) is 45.8. The number of anilines is 1. The molecule has 62 heavy (non-hydrogen) atoms. The molecule has 0 saturated heterocycles. The van der Waals surface area contributed by atoms with E-state index in [0.717, 1.165) is 22.8 Å². The number of rotatable bonds is 13. The van der Waals surface area contributed by atoms with Gasteiger partial charge in [-0.2, -0.15) is 37.1 Å². The number of ether oxygens (including phenoxy) is 1. The van der Waals surface area contributed by atoms with Gasteiger partial charge in [-0.05, 0) is 42.3 Å². The standard InChI is InChI=1S/C36H29ClF9N9O4S.C2H6/c1-53-28-23(5-4-21(37)26(28)32(51-53)52-60(2)58)55-33(49-31-20(34(55)57)3-6-25(48-31)59-10-9-36(44,45)46)22(13-16-11-17(38)14-18(39)12-16)47-24(56)15-54-29-19(7-8-35(29,42)43)27(50-54)30(40)41;1-2/h3-6,11-12,14,22,30H,7-10,13,15H2,1-2H3,(H,47,56)(H,51,52);1-2H3. The molecule has 2 atom stereocenters. The number of hydrogen-bond acceptors (Lipinski definition) is 8. The molecule has 4 aromatic heterocycles. The van der Waals surface area contributed by atoms with Crippen LogP contribution in [0.1, 0.15) is 67.5 Å². The summed E-state index contributed by atoms with van der Waals surface area (Å²) in [5, 5.41) is 10.5. The van der Waals surface area contributed by atoms with Crippen molar-refractivity contribution >= 4 is 56.2 Å². The highest BCUT2D eigenvalue weighted by Crippen LogP contribution is 2.45. The van der Waals surface area contributed by atoms with Gasteiger partial charge in [0, 0.05) is 43.8 Å². The van der Waals surface area contributed by atoms with Gasteiger partial charge in [-0.3, -0.25) is 28.2 Å². The lowest BCUT2D eigenvalue weighted by Gasteiger charge is -2.24. The maximum Gasteiger partial charge on any atom is 0.392 e. The van der Waals surface area contributed by atoms with E-state index in [0.29, 0.717) is 10.7 Å². The van der Waals surface area contributed by atoms with Crippen molar-refractivity contribution in [3.8, 4) is 11.6 Å². The van der Waals surface area contributed by atoms with E-state index in [4.69, 9.17) is 16.3 Å². The van der Waals surface area contributed by atoms with Crippen molar-refractivity contribution in [2.45, 2.75) is 70.6 Å². The van der Waals surface area contributed by atoms with Crippen LogP contribution < -0.4 is 20.3 Å². The smallest absolute Gasteiger partial charge is 0.392 e. The molecule has 2 N–H and O–H groups in total. The summed E-state index contributed by atoms with van der Waals surface area (Å²) in [7, 11) is -0.216. The zero-order valence-electron chi connectivity index (χ0n) is 32.9. The van der Waals surface area contributed by atoms with Crippen LogP contribution in [0.5, 0.6) is 5.88 Å². The number of alkyl halides is 7. The summed E-state index contributed by atoms with van der Waals surface area (Å²) in [6.45, 7) is 2.07. The number of amides is 1. The van der Waals surface area contributed by atoms with Crippen LogP contribution in [0, 0.1) is 11.6 Å². The number of carbonyl (C=O) groups is 1. The molecule has 1 aliphatic carbocycles. The van der Waals surface area contributed by atoms with Gasteiger partial charge in [-0.25, -0.2) is 26.8 Å². The fourth-order valence-electron chi connectivity index (χ4n) is 7.04. The Morgan fingerprint density at radius 1 is 1.05 bits per heavy atom. The Bertz CT molecular complexity index is 2740. The van der Waals surface area contributed by atoms with Crippen molar-refractivity contribution in [3.05, 3.63) is 97.8 Å². The molecule has 1 amide bonds. The van der Waals surface area contributed by atoms with E-state index in [1.54, 1.807) is 0 Å². The first-order chi connectivity index (χ1) is 29.2. The third-order valence-corrected chi connectivity index (χ3v) is 10.2. The van der Waals surface area contributed by atoms with E-state index in [1.165, 1.54) is 36.2 Å². The fraction of sp³-hybridized carbons (Fsp3) is 0.368. The average molecular weight is 920 g/mol. The molecule has 2 unspecified atom stereocenters. The van der Waals surface area contributed by atoms with Crippen LogP contribution in [0.25, 0.3) is 27.6 Å². The van der Waals surface area contributed by atoms with E-state index in [2.05, 4.69) is 30.2 Å². The lowest BCUT2D eigenvalue weighted by molar-refractivity contribution is -0.139. The van der Waals surface area contributed by atoms with Crippen LogP contribution in [0.4, 0.5) is 45.3 Å². The summed E-state index contributed by atoms with van der Waals surface area (Å²) in [4.78, 5) is 37.3. The van der Waals surface area contributed by atoms with Gasteiger partial charge in [0.2, 0.25) is 11.8 Å². The third kappa shape index (κ3) is 9.52. The number of pyridine rings is 1. The van der Waals surface area contributed by atoms with Gasteiger partial charge in [0.15, 0.2) is 11.5 Å². The van der Waals surface area contributed by atoms with E-state index >= 15 is 8.78 Å². The molecule has 0 spiro atoms. The highest BCUT2D eigenvalue weighted by atomic mass is 35.5. The monoisotopic (exact) mass is 919 g/mol. The van der Waals surface area contributed by atoms with Gasteiger partial charge in [-0.15, -0.1) is 0 Å². The lowest BCUT2D eigenvalue weighted by Crippen LogP contribution is -2.38. The highest BCUT2D eigenvalue weighted by Gasteiger charge is 2.46.